The number of hydrogen-bond acceptors (Lipinski definition) is 9. The van der Waals surface area contributed by atoms with Crippen LogP contribution < -0.4 is 15.4 Å². The van der Waals surface area contributed by atoms with Gasteiger partial charge < -0.3 is 20.5 Å². The van der Waals surface area contributed by atoms with Gasteiger partial charge in [0.05, 0.1) is 32.5 Å². The summed E-state index contributed by atoms with van der Waals surface area (Å²) in [5, 5.41) is 29.6. The van der Waals surface area contributed by atoms with Crippen LogP contribution in [0.1, 0.15) is 49.1 Å². The first-order chi connectivity index (χ1) is 18.4. The first kappa shape index (κ1) is 27.2. The molecule has 2 aliphatic rings. The van der Waals surface area contributed by atoms with Crippen LogP contribution in [0.3, 0.4) is 0 Å². The standard InChI is InChI=1S/C28H29Cl2N7O2/c1-16(24-21(29)10-34-11-22(24)30)39-19-4-5-23(32)20(7-19)25(33)18-6-17(8-31)26(35-9-18)36-12-27(2,13-36)37-14-28(3,38)15-37/h4-7,9-11,16,33,38H,12-15,32H2,1-3H3/t16-/m1/s1. The highest BCUT2D eigenvalue weighted by molar-refractivity contribution is 6.35. The number of nitrogens with zero attached hydrogens (tertiary/aromatic N) is 5. The molecule has 4 N–H and O–H groups in total. The van der Waals surface area contributed by atoms with Crippen LogP contribution in [0.25, 0.3) is 0 Å². The van der Waals surface area contributed by atoms with E-state index < -0.39 is 11.7 Å². The smallest absolute Gasteiger partial charge is 0.146 e. The van der Waals surface area contributed by atoms with Crippen LogP contribution in [-0.4, -0.2) is 63.0 Å². The van der Waals surface area contributed by atoms with Crippen molar-refractivity contribution < 1.29 is 9.84 Å². The molecule has 0 aliphatic carbocycles. The molecule has 0 radical (unpaired) electrons. The molecule has 2 aliphatic heterocycles. The van der Waals surface area contributed by atoms with E-state index >= 15 is 0 Å². The van der Waals surface area contributed by atoms with Crippen LogP contribution in [0.4, 0.5) is 11.5 Å². The van der Waals surface area contributed by atoms with Crippen molar-refractivity contribution in [3.8, 4) is 11.8 Å². The zero-order valence-electron chi connectivity index (χ0n) is 21.9. The fourth-order valence-electron chi connectivity index (χ4n) is 5.27. The minimum atomic E-state index is -0.636. The second-order valence-electron chi connectivity index (χ2n) is 10.8. The highest BCUT2D eigenvalue weighted by Gasteiger charge is 2.52. The number of nitriles is 1. The zero-order chi connectivity index (χ0) is 28.1. The maximum atomic E-state index is 10.1. The summed E-state index contributed by atoms with van der Waals surface area (Å²) in [6.45, 7) is 8.50. The average Bonchev–Trinajstić information content (AvgIpc) is 2.85. The predicted octanol–water partition coefficient (Wildman–Crippen LogP) is 4.44. The molecule has 9 nitrogen and oxygen atoms in total. The molecule has 1 aromatic carbocycles. The van der Waals surface area contributed by atoms with Gasteiger partial charge in [-0.15, -0.1) is 0 Å². The van der Waals surface area contributed by atoms with E-state index in [1.54, 1.807) is 30.5 Å². The van der Waals surface area contributed by atoms with Crippen molar-refractivity contribution in [1.82, 2.24) is 14.9 Å². The number of likely N-dealkylation sites (tertiary alicyclic amines) is 1. The number of aliphatic hydroxyl groups is 1. The molecule has 2 saturated heterocycles. The maximum Gasteiger partial charge on any atom is 0.146 e. The van der Waals surface area contributed by atoms with Crippen molar-refractivity contribution in [1.29, 1.82) is 10.7 Å². The molecule has 202 valence electrons. The molecule has 0 amide bonds. The number of anilines is 2. The number of benzene rings is 1. The number of rotatable bonds is 7. The molecule has 2 fully saturated rings. The number of nitrogens with one attached hydrogen (secondary N) is 1. The molecular formula is C28H29Cl2N7O2. The topological polar surface area (TPSA) is 135 Å². The summed E-state index contributed by atoms with van der Waals surface area (Å²) in [5.41, 5.74) is 7.96. The second-order valence-corrected chi connectivity index (χ2v) is 11.6. The van der Waals surface area contributed by atoms with E-state index in [2.05, 4.69) is 32.8 Å². The molecule has 0 bridgehead atoms. The summed E-state index contributed by atoms with van der Waals surface area (Å²) < 4.78 is 6.08. The van der Waals surface area contributed by atoms with Crippen molar-refractivity contribution >= 4 is 40.4 Å². The van der Waals surface area contributed by atoms with E-state index in [4.69, 9.17) is 39.1 Å². The highest BCUT2D eigenvalue weighted by Crippen LogP contribution is 2.38. The predicted molar refractivity (Wildman–Crippen MR) is 152 cm³/mol. The van der Waals surface area contributed by atoms with Gasteiger partial charge in [0.1, 0.15) is 23.7 Å². The number of pyridine rings is 2. The third-order valence-electron chi connectivity index (χ3n) is 7.37. The van der Waals surface area contributed by atoms with Crippen molar-refractivity contribution in [3.05, 3.63) is 75.2 Å². The first-order valence-corrected chi connectivity index (χ1v) is 13.2. The van der Waals surface area contributed by atoms with E-state index in [9.17, 15) is 10.4 Å². The lowest BCUT2D eigenvalue weighted by Crippen LogP contribution is -2.77. The Morgan fingerprint density at radius 3 is 2.44 bits per heavy atom. The van der Waals surface area contributed by atoms with Crippen molar-refractivity contribution in [3.63, 3.8) is 0 Å². The molecule has 1 atom stereocenters. The number of β-amino-alcohol motifs (C(OH)–C–C–N with tert-alkyl or cyclic N) is 1. The van der Waals surface area contributed by atoms with Gasteiger partial charge in [-0.1, -0.05) is 23.2 Å². The fourth-order valence-corrected chi connectivity index (χ4v) is 5.94. The first-order valence-electron chi connectivity index (χ1n) is 12.5. The SMILES string of the molecule is C[C@@H](Oc1ccc(N)c(C(=N)c2cnc(N3CC(C)(N4CC(C)(O)C4)C3)c(C#N)c2)c1)c1c(Cl)cncc1Cl. The number of ether oxygens (including phenoxy) is 1. The number of aromatic nitrogens is 2. The largest absolute Gasteiger partial charge is 0.486 e. The number of hydrogen-bond donors (Lipinski definition) is 3. The molecule has 2 aromatic heterocycles. The van der Waals surface area contributed by atoms with Crippen LogP contribution >= 0.6 is 23.2 Å². The van der Waals surface area contributed by atoms with Crippen LogP contribution in [0.5, 0.6) is 5.75 Å². The Morgan fingerprint density at radius 2 is 1.82 bits per heavy atom. The molecule has 0 saturated carbocycles. The summed E-state index contributed by atoms with van der Waals surface area (Å²) in [6, 6.07) is 8.96. The molecule has 0 unspecified atom stereocenters. The highest BCUT2D eigenvalue weighted by atomic mass is 35.5. The molecule has 5 rings (SSSR count). The Kier molecular flexibility index (Phi) is 6.93. The van der Waals surface area contributed by atoms with Crippen LogP contribution in [0.2, 0.25) is 10.0 Å². The summed E-state index contributed by atoms with van der Waals surface area (Å²) in [4.78, 5) is 12.9. The van der Waals surface area contributed by atoms with E-state index in [1.807, 2.05) is 13.8 Å². The van der Waals surface area contributed by atoms with Gasteiger partial charge in [-0.05, 0) is 45.0 Å². The number of nitrogens with two attached hydrogens (primary N) is 1. The van der Waals surface area contributed by atoms with Gasteiger partial charge in [-0.3, -0.25) is 15.3 Å². The lowest BCUT2D eigenvalue weighted by Gasteiger charge is -2.61. The van der Waals surface area contributed by atoms with Crippen molar-refractivity contribution in [2.24, 2.45) is 0 Å². The Morgan fingerprint density at radius 1 is 1.15 bits per heavy atom. The normalized spacial score (nSPS) is 18.4. The maximum absolute atomic E-state index is 10.1. The van der Waals surface area contributed by atoms with Crippen molar-refractivity contribution in [2.45, 2.75) is 38.0 Å². The summed E-state index contributed by atoms with van der Waals surface area (Å²) >= 11 is 12.6. The third-order valence-corrected chi connectivity index (χ3v) is 7.97. The number of halogens is 2. The lowest BCUT2D eigenvalue weighted by atomic mass is 9.82. The van der Waals surface area contributed by atoms with E-state index in [-0.39, 0.29) is 11.3 Å². The quantitative estimate of drug-likeness (QED) is 0.282. The van der Waals surface area contributed by atoms with Gasteiger partial charge in [0, 0.05) is 67.1 Å². The molecule has 0 spiro atoms. The Hall–Kier alpha value is -3.42. The molecule has 4 heterocycles. The Bertz CT molecular complexity index is 1470. The minimum Gasteiger partial charge on any atom is -0.486 e. The third kappa shape index (κ3) is 5.13. The van der Waals surface area contributed by atoms with Crippen LogP contribution in [-0.2, 0) is 0 Å². The molecule has 11 heteroatoms. The van der Waals surface area contributed by atoms with Crippen molar-refractivity contribution in [2.75, 3.05) is 36.8 Å². The summed E-state index contributed by atoms with van der Waals surface area (Å²) in [6.07, 6.45) is 4.13. The van der Waals surface area contributed by atoms with E-state index in [1.165, 1.54) is 12.4 Å². The molecule has 3 aromatic rings. The summed E-state index contributed by atoms with van der Waals surface area (Å²) in [5.74, 6) is 1.07. The Labute approximate surface area is 237 Å². The van der Waals surface area contributed by atoms with Gasteiger partial charge in [-0.2, -0.15) is 5.26 Å². The lowest BCUT2D eigenvalue weighted by molar-refractivity contribution is -0.134. The number of nitrogen functional groups attached to an aromatic ring is 1. The zero-order valence-corrected chi connectivity index (χ0v) is 23.4. The van der Waals surface area contributed by atoms with Gasteiger partial charge >= 0.3 is 0 Å². The van der Waals surface area contributed by atoms with Gasteiger partial charge in [0.25, 0.3) is 0 Å². The van der Waals surface area contributed by atoms with Gasteiger partial charge in [0.15, 0.2) is 0 Å². The van der Waals surface area contributed by atoms with Gasteiger partial charge in [0.2, 0.25) is 0 Å². The van der Waals surface area contributed by atoms with E-state index in [0.29, 0.717) is 75.7 Å². The second kappa shape index (κ2) is 9.96. The Balaban J connectivity index is 1.33. The minimum absolute atomic E-state index is 0.0707. The monoisotopic (exact) mass is 565 g/mol. The van der Waals surface area contributed by atoms with Gasteiger partial charge in [-0.25, -0.2) is 4.98 Å². The molecule has 39 heavy (non-hydrogen) atoms. The molecular weight excluding hydrogens is 537 g/mol. The average molecular weight is 566 g/mol. The van der Waals surface area contributed by atoms with Crippen LogP contribution in [0, 0.1) is 16.7 Å². The van der Waals surface area contributed by atoms with E-state index in [0.717, 1.165) is 0 Å². The fraction of sp³-hybridized carbons (Fsp3) is 0.357. The van der Waals surface area contributed by atoms with Crippen LogP contribution in [0.15, 0.2) is 42.9 Å². The summed E-state index contributed by atoms with van der Waals surface area (Å²) in [7, 11) is 0.